The number of ketones is 1. The number of aromatic hydroxyl groups is 1. The summed E-state index contributed by atoms with van der Waals surface area (Å²) in [6.45, 7) is 1.97. The fourth-order valence-electron chi connectivity index (χ4n) is 1.34. The van der Waals surface area contributed by atoms with Crippen molar-refractivity contribution in [2.75, 3.05) is 19.5 Å². The molecule has 19 heavy (non-hydrogen) atoms. The van der Waals surface area contributed by atoms with Gasteiger partial charge < -0.3 is 14.6 Å². The molecule has 1 aromatic carbocycles. The minimum Gasteiger partial charge on any atom is -0.504 e. The number of rotatable bonds is 7. The van der Waals surface area contributed by atoms with Crippen molar-refractivity contribution < 1.29 is 24.2 Å². The number of esters is 1. The predicted molar refractivity (Wildman–Crippen MR) is 71.6 cm³/mol. The van der Waals surface area contributed by atoms with Crippen LogP contribution in [0.4, 0.5) is 0 Å². The number of phenols is 1. The summed E-state index contributed by atoms with van der Waals surface area (Å²) in [6.07, 6.45) is -0.212. The summed E-state index contributed by atoms with van der Waals surface area (Å²) >= 11 is 1.28. The van der Waals surface area contributed by atoms with Crippen molar-refractivity contribution in [3.63, 3.8) is 0 Å². The lowest BCUT2D eigenvalue weighted by atomic mass is 10.3. The highest BCUT2D eigenvalue weighted by atomic mass is 32.2. The van der Waals surface area contributed by atoms with Gasteiger partial charge in [0.1, 0.15) is 6.42 Å². The Labute approximate surface area is 115 Å². The van der Waals surface area contributed by atoms with E-state index in [-0.39, 0.29) is 30.3 Å². The normalized spacial score (nSPS) is 10.0. The van der Waals surface area contributed by atoms with Gasteiger partial charge in [-0.05, 0) is 25.1 Å². The number of carbonyl (C=O) groups excluding carboxylic acids is 2. The maximum Gasteiger partial charge on any atom is 0.313 e. The van der Waals surface area contributed by atoms with E-state index in [9.17, 15) is 14.7 Å². The van der Waals surface area contributed by atoms with Crippen molar-refractivity contribution >= 4 is 23.5 Å². The molecule has 0 radical (unpaired) electrons. The molecule has 0 aromatic heterocycles. The third kappa shape index (κ3) is 5.21. The van der Waals surface area contributed by atoms with Gasteiger partial charge in [0.25, 0.3) is 0 Å². The number of phenolic OH excluding ortho intramolecular Hbond substituents is 1. The standard InChI is InChI=1S/C13H16O5S/c1-3-18-13(16)6-9(14)8-19-10-4-5-11(15)12(7-10)17-2/h4-5,7,15H,3,6,8H2,1-2H3. The fraction of sp³-hybridized carbons (Fsp3) is 0.385. The minimum atomic E-state index is -0.503. The molecule has 6 heteroatoms. The molecule has 0 spiro atoms. The van der Waals surface area contributed by atoms with Gasteiger partial charge in [-0.15, -0.1) is 11.8 Å². The average Bonchev–Trinajstić information content (AvgIpc) is 2.38. The molecule has 0 unspecified atom stereocenters. The first-order chi connectivity index (χ1) is 9.06. The molecular weight excluding hydrogens is 268 g/mol. The van der Waals surface area contributed by atoms with Crippen LogP contribution in [0.2, 0.25) is 0 Å². The van der Waals surface area contributed by atoms with E-state index >= 15 is 0 Å². The number of hydrogen-bond donors (Lipinski definition) is 1. The van der Waals surface area contributed by atoms with Gasteiger partial charge in [-0.2, -0.15) is 0 Å². The van der Waals surface area contributed by atoms with E-state index in [1.165, 1.54) is 24.9 Å². The highest BCUT2D eigenvalue weighted by Crippen LogP contribution is 2.30. The molecule has 5 nitrogen and oxygen atoms in total. The van der Waals surface area contributed by atoms with E-state index in [0.717, 1.165) is 4.90 Å². The molecule has 1 N–H and O–H groups in total. The van der Waals surface area contributed by atoms with Crippen LogP contribution in [-0.2, 0) is 14.3 Å². The number of hydrogen-bond acceptors (Lipinski definition) is 6. The Morgan fingerprint density at radius 3 is 2.74 bits per heavy atom. The van der Waals surface area contributed by atoms with Crippen molar-refractivity contribution in [1.82, 2.24) is 0 Å². The topological polar surface area (TPSA) is 72.8 Å². The molecule has 0 atom stereocenters. The van der Waals surface area contributed by atoms with E-state index in [1.54, 1.807) is 19.1 Å². The molecule has 0 aliphatic heterocycles. The van der Waals surface area contributed by atoms with Crippen molar-refractivity contribution in [3.05, 3.63) is 18.2 Å². The largest absolute Gasteiger partial charge is 0.504 e. The summed E-state index contributed by atoms with van der Waals surface area (Å²) in [5.41, 5.74) is 0. The van der Waals surface area contributed by atoms with Gasteiger partial charge in [-0.1, -0.05) is 0 Å². The molecule has 1 aromatic rings. The lowest BCUT2D eigenvalue weighted by Gasteiger charge is -2.06. The monoisotopic (exact) mass is 284 g/mol. The van der Waals surface area contributed by atoms with Gasteiger partial charge in [-0.3, -0.25) is 9.59 Å². The Hall–Kier alpha value is -1.69. The maximum atomic E-state index is 11.5. The van der Waals surface area contributed by atoms with Crippen LogP contribution < -0.4 is 4.74 Å². The average molecular weight is 284 g/mol. The number of benzene rings is 1. The first-order valence-corrected chi connectivity index (χ1v) is 6.72. The van der Waals surface area contributed by atoms with Gasteiger partial charge >= 0.3 is 5.97 Å². The van der Waals surface area contributed by atoms with Crippen LogP contribution in [0.3, 0.4) is 0 Å². The van der Waals surface area contributed by atoms with Crippen LogP contribution in [0.1, 0.15) is 13.3 Å². The smallest absolute Gasteiger partial charge is 0.313 e. The highest BCUT2D eigenvalue weighted by molar-refractivity contribution is 8.00. The van der Waals surface area contributed by atoms with E-state index in [4.69, 9.17) is 9.47 Å². The second kappa shape index (κ2) is 7.68. The molecule has 0 saturated carbocycles. The fourth-order valence-corrected chi connectivity index (χ4v) is 2.12. The van der Waals surface area contributed by atoms with Gasteiger partial charge in [-0.25, -0.2) is 0 Å². The Morgan fingerprint density at radius 2 is 2.11 bits per heavy atom. The van der Waals surface area contributed by atoms with E-state index in [1.807, 2.05) is 0 Å². The molecule has 104 valence electrons. The molecule has 0 amide bonds. The maximum absolute atomic E-state index is 11.5. The Morgan fingerprint density at radius 1 is 1.37 bits per heavy atom. The summed E-state index contributed by atoms with van der Waals surface area (Å²) < 4.78 is 9.66. The van der Waals surface area contributed by atoms with Crippen LogP contribution >= 0.6 is 11.8 Å². The third-order valence-corrected chi connectivity index (χ3v) is 3.25. The summed E-state index contributed by atoms with van der Waals surface area (Å²) in [5, 5.41) is 9.43. The van der Waals surface area contributed by atoms with Crippen molar-refractivity contribution in [3.8, 4) is 11.5 Å². The van der Waals surface area contributed by atoms with Crippen LogP contribution in [0, 0.1) is 0 Å². The van der Waals surface area contributed by atoms with Crippen molar-refractivity contribution in [1.29, 1.82) is 0 Å². The molecule has 0 aliphatic carbocycles. The predicted octanol–water partition coefficient (Wildman–Crippen LogP) is 2.02. The summed E-state index contributed by atoms with van der Waals surface area (Å²) in [6, 6.07) is 4.81. The van der Waals surface area contributed by atoms with Gasteiger partial charge in [0.2, 0.25) is 0 Å². The first kappa shape index (κ1) is 15.4. The zero-order valence-electron chi connectivity index (χ0n) is 10.8. The summed E-state index contributed by atoms with van der Waals surface area (Å²) in [4.78, 5) is 23.4. The van der Waals surface area contributed by atoms with Gasteiger partial charge in [0, 0.05) is 4.90 Å². The first-order valence-electron chi connectivity index (χ1n) is 5.74. The SMILES string of the molecule is CCOC(=O)CC(=O)CSc1ccc(O)c(OC)c1. The molecular formula is C13H16O5S. The number of thioether (sulfide) groups is 1. The van der Waals surface area contributed by atoms with Crippen LogP contribution in [0.25, 0.3) is 0 Å². The van der Waals surface area contributed by atoms with Gasteiger partial charge in [0.05, 0.1) is 19.5 Å². The number of carbonyl (C=O) groups is 2. The molecule has 1 rings (SSSR count). The lowest BCUT2D eigenvalue weighted by molar-refractivity contribution is -0.145. The molecule has 0 bridgehead atoms. The highest BCUT2D eigenvalue weighted by Gasteiger charge is 2.11. The Bertz CT molecular complexity index is 458. The second-order valence-corrected chi connectivity index (χ2v) is 4.69. The zero-order valence-corrected chi connectivity index (χ0v) is 11.7. The van der Waals surface area contributed by atoms with Crippen molar-refractivity contribution in [2.24, 2.45) is 0 Å². The van der Waals surface area contributed by atoms with E-state index in [0.29, 0.717) is 5.75 Å². The molecule has 0 aliphatic rings. The Kier molecular flexibility index (Phi) is 6.21. The number of Topliss-reactive ketones (excluding diaryl/α,β-unsaturated/α-hetero) is 1. The van der Waals surface area contributed by atoms with Crippen LogP contribution in [0.5, 0.6) is 11.5 Å². The third-order valence-electron chi connectivity index (χ3n) is 2.20. The molecule has 0 saturated heterocycles. The molecule has 0 fully saturated rings. The van der Waals surface area contributed by atoms with Crippen LogP contribution in [-0.4, -0.2) is 36.3 Å². The quantitative estimate of drug-likeness (QED) is 0.469. The van der Waals surface area contributed by atoms with Crippen molar-refractivity contribution in [2.45, 2.75) is 18.2 Å². The number of ether oxygens (including phenoxy) is 2. The minimum absolute atomic E-state index is 0.0460. The lowest BCUT2D eigenvalue weighted by Crippen LogP contribution is -2.12. The Balaban J connectivity index is 2.48. The summed E-state index contributed by atoms with van der Waals surface area (Å²) in [5.74, 6) is -0.133. The molecule has 0 heterocycles. The number of methoxy groups -OCH3 is 1. The van der Waals surface area contributed by atoms with E-state index in [2.05, 4.69) is 0 Å². The summed E-state index contributed by atoms with van der Waals surface area (Å²) in [7, 11) is 1.45. The van der Waals surface area contributed by atoms with Gasteiger partial charge in [0.15, 0.2) is 17.3 Å². The zero-order chi connectivity index (χ0) is 14.3. The van der Waals surface area contributed by atoms with E-state index < -0.39 is 5.97 Å². The van der Waals surface area contributed by atoms with Crippen LogP contribution in [0.15, 0.2) is 23.1 Å². The second-order valence-electron chi connectivity index (χ2n) is 3.64.